The first-order valence-electron chi connectivity index (χ1n) is 10.4. The molecule has 5 nitrogen and oxygen atoms in total. The Hall–Kier alpha value is -3.15. The minimum Gasteiger partial charge on any atom is -0.358 e. The molecule has 0 saturated carbocycles. The number of carbonyl (C=O) groups is 2. The number of amides is 2. The minimum atomic E-state index is -0.267. The Kier molecular flexibility index (Phi) is 5.84. The van der Waals surface area contributed by atoms with Crippen LogP contribution in [-0.2, 0) is 11.2 Å². The van der Waals surface area contributed by atoms with Crippen molar-refractivity contribution in [3.8, 4) is 0 Å². The van der Waals surface area contributed by atoms with Gasteiger partial charge in [-0.3, -0.25) is 9.59 Å². The van der Waals surface area contributed by atoms with Crippen LogP contribution in [0, 0.1) is 18.7 Å². The third-order valence-electron chi connectivity index (χ3n) is 5.86. The molecule has 30 heavy (non-hydrogen) atoms. The highest BCUT2D eigenvalue weighted by Crippen LogP contribution is 2.24. The van der Waals surface area contributed by atoms with Gasteiger partial charge in [-0.2, -0.15) is 0 Å². The van der Waals surface area contributed by atoms with Crippen LogP contribution in [0.15, 0.2) is 48.5 Å². The van der Waals surface area contributed by atoms with E-state index in [1.54, 1.807) is 23.1 Å². The maximum absolute atomic E-state index is 13.6. The number of likely N-dealkylation sites (tertiary alicyclic amines) is 1. The first-order chi connectivity index (χ1) is 14.5. The predicted molar refractivity (Wildman–Crippen MR) is 115 cm³/mol. The van der Waals surface area contributed by atoms with Gasteiger partial charge in [0.1, 0.15) is 5.82 Å². The van der Waals surface area contributed by atoms with Crippen LogP contribution in [0.4, 0.5) is 4.39 Å². The molecule has 4 rings (SSSR count). The van der Waals surface area contributed by atoms with Crippen LogP contribution in [0.2, 0.25) is 0 Å². The molecule has 1 aromatic heterocycles. The van der Waals surface area contributed by atoms with Crippen LogP contribution in [0.25, 0.3) is 10.9 Å². The first-order valence-corrected chi connectivity index (χ1v) is 10.4. The number of H-pyrrole nitrogens is 1. The number of hydrogen-bond acceptors (Lipinski definition) is 2. The van der Waals surface area contributed by atoms with Crippen LogP contribution in [0.3, 0.4) is 0 Å². The second-order valence-electron chi connectivity index (χ2n) is 7.92. The molecule has 0 aliphatic carbocycles. The molecule has 0 bridgehead atoms. The van der Waals surface area contributed by atoms with E-state index in [0.29, 0.717) is 31.6 Å². The molecule has 2 N–H and O–H groups in total. The number of benzene rings is 2. The van der Waals surface area contributed by atoms with Crippen LogP contribution < -0.4 is 5.32 Å². The third-order valence-corrected chi connectivity index (χ3v) is 5.86. The summed E-state index contributed by atoms with van der Waals surface area (Å²) in [5.41, 5.74) is 3.56. The number of piperidine rings is 1. The molecule has 1 aliphatic rings. The molecule has 6 heteroatoms. The lowest BCUT2D eigenvalue weighted by Crippen LogP contribution is -2.45. The fourth-order valence-electron chi connectivity index (χ4n) is 4.27. The molecule has 1 fully saturated rings. The highest BCUT2D eigenvalue weighted by Gasteiger charge is 2.28. The number of rotatable bonds is 5. The van der Waals surface area contributed by atoms with E-state index < -0.39 is 0 Å². The summed E-state index contributed by atoms with van der Waals surface area (Å²) in [6, 6.07) is 13.9. The lowest BCUT2D eigenvalue weighted by Gasteiger charge is -2.32. The van der Waals surface area contributed by atoms with Crippen LogP contribution >= 0.6 is 0 Å². The largest absolute Gasteiger partial charge is 0.358 e. The van der Waals surface area contributed by atoms with Gasteiger partial charge in [0.05, 0.1) is 5.92 Å². The van der Waals surface area contributed by atoms with E-state index in [2.05, 4.69) is 10.3 Å². The van der Waals surface area contributed by atoms with E-state index in [1.165, 1.54) is 12.1 Å². The zero-order valence-corrected chi connectivity index (χ0v) is 17.1. The summed E-state index contributed by atoms with van der Waals surface area (Å²) in [7, 11) is 0. The van der Waals surface area contributed by atoms with Gasteiger partial charge < -0.3 is 15.2 Å². The van der Waals surface area contributed by atoms with Crippen molar-refractivity contribution in [2.24, 2.45) is 5.92 Å². The number of aryl methyl sites for hydroxylation is 1. The monoisotopic (exact) mass is 407 g/mol. The van der Waals surface area contributed by atoms with Crippen molar-refractivity contribution in [2.75, 3.05) is 19.6 Å². The fraction of sp³-hybridized carbons (Fsp3) is 0.333. The summed E-state index contributed by atoms with van der Waals surface area (Å²) in [6.45, 7) is 3.56. The molecule has 3 aromatic rings. The van der Waals surface area contributed by atoms with E-state index in [1.807, 2.05) is 25.1 Å². The van der Waals surface area contributed by atoms with Gasteiger partial charge in [-0.15, -0.1) is 0 Å². The summed E-state index contributed by atoms with van der Waals surface area (Å²) >= 11 is 0. The van der Waals surface area contributed by atoms with E-state index in [-0.39, 0.29) is 23.5 Å². The number of aromatic amines is 1. The van der Waals surface area contributed by atoms with Crippen molar-refractivity contribution in [1.82, 2.24) is 15.2 Å². The molecule has 0 spiro atoms. The lowest BCUT2D eigenvalue weighted by molar-refractivity contribution is -0.126. The minimum absolute atomic E-state index is 0.0236. The quantitative estimate of drug-likeness (QED) is 0.675. The molecular formula is C24H26FN3O2. The maximum atomic E-state index is 13.6. The number of nitrogens with zero attached hydrogens (tertiary/aromatic N) is 1. The van der Waals surface area contributed by atoms with Crippen molar-refractivity contribution in [1.29, 1.82) is 0 Å². The topological polar surface area (TPSA) is 65.2 Å². The molecule has 156 valence electrons. The van der Waals surface area contributed by atoms with Gasteiger partial charge in [0.15, 0.2) is 0 Å². The van der Waals surface area contributed by atoms with Crippen molar-refractivity contribution >= 4 is 22.7 Å². The second-order valence-corrected chi connectivity index (χ2v) is 7.92. The van der Waals surface area contributed by atoms with Crippen molar-refractivity contribution < 1.29 is 14.0 Å². The van der Waals surface area contributed by atoms with Crippen molar-refractivity contribution in [2.45, 2.75) is 26.2 Å². The Balaban J connectivity index is 1.35. The number of nitrogens with one attached hydrogen (secondary N) is 2. The van der Waals surface area contributed by atoms with E-state index in [9.17, 15) is 14.0 Å². The zero-order chi connectivity index (χ0) is 21.1. The number of aromatic nitrogens is 1. The molecule has 2 aromatic carbocycles. The first kappa shape index (κ1) is 20.1. The van der Waals surface area contributed by atoms with E-state index in [0.717, 1.165) is 35.0 Å². The molecule has 0 radical (unpaired) electrons. The van der Waals surface area contributed by atoms with Gasteiger partial charge >= 0.3 is 0 Å². The summed E-state index contributed by atoms with van der Waals surface area (Å²) in [5, 5.41) is 3.87. The van der Waals surface area contributed by atoms with Crippen molar-refractivity contribution in [3.05, 3.63) is 71.2 Å². The third kappa shape index (κ3) is 4.22. The smallest absolute Gasteiger partial charge is 0.253 e. The predicted octanol–water partition coefficient (Wildman–Crippen LogP) is 3.83. The number of hydrogen-bond donors (Lipinski definition) is 2. The van der Waals surface area contributed by atoms with Gasteiger partial charge in [-0.25, -0.2) is 4.39 Å². The molecule has 1 atom stereocenters. The maximum Gasteiger partial charge on any atom is 0.253 e. The molecule has 2 amide bonds. The molecule has 1 saturated heterocycles. The van der Waals surface area contributed by atoms with Crippen LogP contribution in [0.5, 0.6) is 0 Å². The standard InChI is InChI=1S/C24H26FN3O2/c1-16-20(21-14-19(25)9-10-22(21)27-16)11-12-26-23(29)18-8-5-13-28(15-18)24(30)17-6-3-2-4-7-17/h2-4,6-7,9-10,14,18,27H,5,8,11-13,15H2,1H3,(H,26,29). The molecule has 1 aliphatic heterocycles. The normalized spacial score (nSPS) is 16.6. The van der Waals surface area contributed by atoms with Gasteiger partial charge in [-0.05, 0) is 62.1 Å². The van der Waals surface area contributed by atoms with Gasteiger partial charge in [0.2, 0.25) is 5.91 Å². The lowest BCUT2D eigenvalue weighted by atomic mass is 9.96. The SMILES string of the molecule is Cc1[nH]c2ccc(F)cc2c1CCNC(=O)C1CCCN(C(=O)c2ccccc2)C1. The fourth-order valence-corrected chi connectivity index (χ4v) is 4.27. The van der Waals surface area contributed by atoms with Crippen molar-refractivity contribution in [3.63, 3.8) is 0 Å². The van der Waals surface area contributed by atoms with Gasteiger partial charge in [0.25, 0.3) is 5.91 Å². The highest BCUT2D eigenvalue weighted by atomic mass is 19.1. The summed E-state index contributed by atoms with van der Waals surface area (Å²) in [6.07, 6.45) is 2.22. The number of carbonyl (C=O) groups excluding carboxylic acids is 2. The Bertz CT molecular complexity index is 1060. The number of fused-ring (bicyclic) bond motifs is 1. The van der Waals surface area contributed by atoms with E-state index in [4.69, 9.17) is 0 Å². The van der Waals surface area contributed by atoms with E-state index >= 15 is 0 Å². The van der Waals surface area contributed by atoms with Crippen LogP contribution in [0.1, 0.15) is 34.5 Å². The van der Waals surface area contributed by atoms with Gasteiger partial charge in [0, 0.05) is 41.8 Å². The van der Waals surface area contributed by atoms with Gasteiger partial charge in [-0.1, -0.05) is 18.2 Å². The molecule has 2 heterocycles. The molecule has 1 unspecified atom stereocenters. The second kappa shape index (κ2) is 8.69. The highest BCUT2D eigenvalue weighted by molar-refractivity contribution is 5.94. The zero-order valence-electron chi connectivity index (χ0n) is 17.1. The average Bonchev–Trinajstić information content (AvgIpc) is 3.08. The summed E-state index contributed by atoms with van der Waals surface area (Å²) in [4.78, 5) is 30.4. The average molecular weight is 407 g/mol. The van der Waals surface area contributed by atoms with Crippen LogP contribution in [-0.4, -0.2) is 41.3 Å². The number of halogens is 1. The summed E-state index contributed by atoms with van der Waals surface area (Å²) < 4.78 is 13.6. The molecular weight excluding hydrogens is 381 g/mol. The Morgan fingerprint density at radius 3 is 2.80 bits per heavy atom. The Morgan fingerprint density at radius 2 is 2.00 bits per heavy atom. The summed E-state index contributed by atoms with van der Waals surface area (Å²) in [5.74, 6) is -0.515. The Morgan fingerprint density at radius 1 is 1.20 bits per heavy atom. The Labute approximate surface area is 175 Å².